The van der Waals surface area contributed by atoms with Gasteiger partial charge >= 0.3 is 5.51 Å². The third-order valence-electron chi connectivity index (χ3n) is 6.45. The van der Waals surface area contributed by atoms with Gasteiger partial charge < -0.3 is 24.5 Å². The molecule has 5 rings (SSSR count). The maximum Gasteiger partial charge on any atom is 0.446 e. The third kappa shape index (κ3) is 6.48. The molecule has 0 aromatic carbocycles. The zero-order chi connectivity index (χ0) is 29.5. The second kappa shape index (κ2) is 11.0. The van der Waals surface area contributed by atoms with E-state index >= 15 is 0 Å². The van der Waals surface area contributed by atoms with Crippen LogP contribution >= 0.6 is 11.8 Å². The summed E-state index contributed by atoms with van der Waals surface area (Å²) in [6, 6.07) is 0.787. The fourth-order valence-electron chi connectivity index (χ4n) is 4.35. The lowest BCUT2D eigenvalue weighted by Crippen LogP contribution is -2.46. The largest absolute Gasteiger partial charge is 0.447 e. The average molecular weight is 597 g/mol. The van der Waals surface area contributed by atoms with Gasteiger partial charge in [0, 0.05) is 30.9 Å². The molecule has 220 valence electrons. The van der Waals surface area contributed by atoms with E-state index in [2.05, 4.69) is 30.9 Å². The molecule has 0 aliphatic carbocycles. The van der Waals surface area contributed by atoms with E-state index in [9.17, 15) is 22.4 Å². The van der Waals surface area contributed by atoms with Gasteiger partial charge in [-0.3, -0.25) is 9.48 Å². The molecule has 0 spiro atoms. The lowest BCUT2D eigenvalue weighted by molar-refractivity contribution is -0.0327. The van der Waals surface area contributed by atoms with Crippen LogP contribution in [0.4, 0.5) is 23.4 Å². The van der Waals surface area contributed by atoms with Crippen molar-refractivity contribution in [2.45, 2.75) is 61.9 Å². The highest BCUT2D eigenvalue weighted by Crippen LogP contribution is 2.47. The van der Waals surface area contributed by atoms with E-state index in [4.69, 9.17) is 8.94 Å². The molecule has 2 N–H and O–H groups in total. The van der Waals surface area contributed by atoms with Crippen LogP contribution < -0.4 is 10.6 Å². The van der Waals surface area contributed by atoms with Crippen LogP contribution in [0.15, 0.2) is 38.5 Å². The summed E-state index contributed by atoms with van der Waals surface area (Å²) in [5.41, 5.74) is -4.65. The lowest BCUT2D eigenvalue weighted by atomic mass is 10.0. The maximum atomic E-state index is 14.7. The van der Waals surface area contributed by atoms with Crippen LogP contribution in [0.25, 0.3) is 22.6 Å². The summed E-state index contributed by atoms with van der Waals surface area (Å²) >= 11 is -0.388. The molecule has 1 fully saturated rings. The summed E-state index contributed by atoms with van der Waals surface area (Å²) in [5.74, 6) is -0.915. The fourth-order valence-corrected chi connectivity index (χ4v) is 5.07. The van der Waals surface area contributed by atoms with Crippen molar-refractivity contribution in [1.29, 1.82) is 0 Å². The molecule has 0 saturated carbocycles. The Bertz CT molecular complexity index is 1540. The first-order chi connectivity index (χ1) is 19.3. The van der Waals surface area contributed by atoms with Gasteiger partial charge in [-0.1, -0.05) is 5.16 Å². The number of thioether (sulfide) groups is 1. The van der Waals surface area contributed by atoms with Crippen molar-refractivity contribution >= 4 is 34.5 Å². The number of amides is 1. The normalized spacial score (nSPS) is 18.6. The van der Waals surface area contributed by atoms with Crippen molar-refractivity contribution in [2.75, 3.05) is 25.5 Å². The molecule has 11 nitrogen and oxygen atoms in total. The number of nitrogens with one attached hydrogen (secondary N) is 2. The number of furan rings is 1. The van der Waals surface area contributed by atoms with E-state index in [1.165, 1.54) is 18.5 Å². The number of nitrogens with zero attached hydrogens (tertiary/aromatic N) is 6. The minimum Gasteiger partial charge on any atom is -0.447 e. The van der Waals surface area contributed by atoms with E-state index in [1.54, 1.807) is 10.9 Å². The van der Waals surface area contributed by atoms with Crippen molar-refractivity contribution in [2.24, 2.45) is 0 Å². The van der Waals surface area contributed by atoms with E-state index in [0.29, 0.717) is 18.5 Å². The Labute approximate surface area is 236 Å². The minimum absolute atomic E-state index is 0.0101. The van der Waals surface area contributed by atoms with Gasteiger partial charge in [-0.15, -0.1) is 0 Å². The second-order valence-electron chi connectivity index (χ2n) is 10.7. The van der Waals surface area contributed by atoms with Crippen LogP contribution in [0.5, 0.6) is 0 Å². The van der Waals surface area contributed by atoms with Crippen LogP contribution in [0, 0.1) is 0 Å². The summed E-state index contributed by atoms with van der Waals surface area (Å²) in [6.07, 6.45) is 3.61. The van der Waals surface area contributed by atoms with Crippen molar-refractivity contribution in [3.8, 4) is 11.6 Å². The summed E-state index contributed by atoms with van der Waals surface area (Å²) in [5, 5.41) is 13.7. The highest BCUT2D eigenvalue weighted by molar-refractivity contribution is 8.00. The van der Waals surface area contributed by atoms with Gasteiger partial charge in [0.25, 0.3) is 5.91 Å². The molecule has 1 aliphatic rings. The average Bonchev–Trinajstić information content (AvgIpc) is 3.63. The highest BCUT2D eigenvalue weighted by Gasteiger charge is 2.36. The Balaban J connectivity index is 1.40. The Morgan fingerprint density at radius 1 is 1.27 bits per heavy atom. The zero-order valence-electron chi connectivity index (χ0n) is 22.6. The molecule has 4 aromatic heterocycles. The van der Waals surface area contributed by atoms with E-state index in [0.717, 1.165) is 0 Å². The quantitative estimate of drug-likeness (QED) is 0.226. The van der Waals surface area contributed by atoms with Gasteiger partial charge in [0.1, 0.15) is 6.17 Å². The number of carbonyl (C=O) groups excluding carboxylic acids is 1. The Kier molecular flexibility index (Phi) is 7.72. The Hall–Kier alpha value is -3.66. The summed E-state index contributed by atoms with van der Waals surface area (Å²) in [6.45, 7) is 6.49. The number of hydrogen-bond donors (Lipinski definition) is 2. The number of carbonyl (C=O) groups is 1. The molecular formula is C25H28F4N8O3S. The SMILES string of the molecule is CN1CC[C@@H](Nc2nccc3c(SC(F)(F)F)c(-c4noc(CNC(=O)c5cnn(C(C)(C)C)c5)n4)oc23)[C@@H](F)C1. The predicted octanol–water partition coefficient (Wildman–Crippen LogP) is 4.83. The van der Waals surface area contributed by atoms with Crippen LogP contribution in [0.2, 0.25) is 0 Å². The number of rotatable bonds is 7. The molecule has 2 atom stereocenters. The first-order valence-electron chi connectivity index (χ1n) is 12.7. The molecule has 1 amide bonds. The smallest absolute Gasteiger partial charge is 0.446 e. The zero-order valence-corrected chi connectivity index (χ0v) is 23.4. The van der Waals surface area contributed by atoms with E-state index in [-0.39, 0.29) is 69.5 Å². The molecule has 1 saturated heterocycles. The van der Waals surface area contributed by atoms with Crippen molar-refractivity contribution in [3.05, 3.63) is 36.1 Å². The first-order valence-corrected chi connectivity index (χ1v) is 13.5. The topological polar surface area (TPSA) is 127 Å². The van der Waals surface area contributed by atoms with Gasteiger partial charge in [0.05, 0.1) is 34.8 Å². The molecule has 4 aromatic rings. The number of hydrogen-bond acceptors (Lipinski definition) is 10. The number of aromatic nitrogens is 5. The number of alkyl halides is 4. The third-order valence-corrected chi connectivity index (χ3v) is 7.29. The van der Waals surface area contributed by atoms with Crippen molar-refractivity contribution < 1.29 is 31.3 Å². The fraction of sp³-hybridized carbons (Fsp3) is 0.480. The minimum atomic E-state index is -4.65. The van der Waals surface area contributed by atoms with Crippen LogP contribution in [-0.4, -0.2) is 73.6 Å². The number of anilines is 1. The highest BCUT2D eigenvalue weighted by atomic mass is 32.2. The first kappa shape index (κ1) is 28.9. The predicted molar refractivity (Wildman–Crippen MR) is 142 cm³/mol. The standard InChI is InChI=1S/C25H28F4N8O3S/c1-24(2,3)37-11-13(9-32-37)23(38)31-10-17-34-22(35-40-17)19-20(41-25(27,28)29)14-5-7-30-21(18(14)39-19)33-16-6-8-36(4)12-15(16)26/h5,7,9,11,15-16H,6,8,10,12H2,1-4H3,(H,30,33)(H,31,38)/t15-,16+/m0/s1. The van der Waals surface area contributed by atoms with Crippen LogP contribution in [0.3, 0.4) is 0 Å². The van der Waals surface area contributed by atoms with Gasteiger partial charge in [-0.25, -0.2) is 9.37 Å². The number of halogens is 4. The molecule has 41 heavy (non-hydrogen) atoms. The maximum absolute atomic E-state index is 14.7. The number of pyridine rings is 1. The summed E-state index contributed by atoms with van der Waals surface area (Å²) < 4.78 is 68.1. The second-order valence-corrected chi connectivity index (χ2v) is 11.8. The van der Waals surface area contributed by atoms with Gasteiger partial charge in [0.2, 0.25) is 11.7 Å². The molecule has 0 bridgehead atoms. The molecule has 0 radical (unpaired) electrons. The monoisotopic (exact) mass is 596 g/mol. The lowest BCUT2D eigenvalue weighted by Gasteiger charge is -2.32. The molecule has 0 unspecified atom stereocenters. The number of piperidine rings is 1. The molecule has 16 heteroatoms. The number of fused-ring (bicyclic) bond motifs is 1. The van der Waals surface area contributed by atoms with E-state index in [1.807, 2.05) is 32.7 Å². The Morgan fingerprint density at radius 3 is 2.73 bits per heavy atom. The van der Waals surface area contributed by atoms with Crippen molar-refractivity contribution in [3.63, 3.8) is 0 Å². The van der Waals surface area contributed by atoms with Crippen LogP contribution in [-0.2, 0) is 12.1 Å². The Morgan fingerprint density at radius 2 is 2.05 bits per heavy atom. The van der Waals surface area contributed by atoms with Crippen molar-refractivity contribution in [1.82, 2.24) is 35.1 Å². The van der Waals surface area contributed by atoms with Gasteiger partial charge in [-0.2, -0.15) is 23.3 Å². The van der Waals surface area contributed by atoms with Gasteiger partial charge in [0.15, 0.2) is 17.2 Å². The van der Waals surface area contributed by atoms with Crippen LogP contribution in [0.1, 0.15) is 43.4 Å². The molecule has 5 heterocycles. The number of likely N-dealkylation sites (tertiary alicyclic amines) is 1. The molecule has 1 aliphatic heterocycles. The van der Waals surface area contributed by atoms with Gasteiger partial charge in [-0.05, 0) is 52.1 Å². The van der Waals surface area contributed by atoms with E-state index < -0.39 is 23.6 Å². The molecular weight excluding hydrogens is 568 g/mol. The summed E-state index contributed by atoms with van der Waals surface area (Å²) in [4.78, 5) is 22.5. The summed E-state index contributed by atoms with van der Waals surface area (Å²) in [7, 11) is 1.81.